The van der Waals surface area contributed by atoms with Crippen molar-refractivity contribution < 1.29 is 0 Å². The van der Waals surface area contributed by atoms with E-state index >= 15 is 0 Å². The maximum atomic E-state index is 2.46. The van der Waals surface area contributed by atoms with Crippen molar-refractivity contribution in [1.82, 2.24) is 0 Å². The van der Waals surface area contributed by atoms with Gasteiger partial charge in [-0.1, -0.05) is 0 Å². The van der Waals surface area contributed by atoms with Crippen molar-refractivity contribution in [2.75, 3.05) is 30.8 Å². The van der Waals surface area contributed by atoms with Crippen molar-refractivity contribution in [2.45, 2.75) is 60.8 Å². The Morgan fingerprint density at radius 3 is 1.22 bits per heavy atom. The summed E-state index contributed by atoms with van der Waals surface area (Å²) in [5.74, 6) is 2.70. The molecule has 0 nitrogen and oxygen atoms in total. The van der Waals surface area contributed by atoms with E-state index in [0.717, 1.165) is 17.8 Å². The van der Waals surface area contributed by atoms with Crippen LogP contribution >= 0.6 is 6.60 Å². The molecule has 1 heteroatoms. The first-order valence-corrected chi connectivity index (χ1v) is 11.4. The molecule has 0 N–H and O–H groups in total. The average Bonchev–Trinajstić information content (AvgIpc) is 2.13. The van der Waals surface area contributed by atoms with Crippen molar-refractivity contribution >= 4 is 6.60 Å². The predicted molar refractivity (Wildman–Crippen MR) is 89.6 cm³/mol. The van der Waals surface area contributed by atoms with Crippen LogP contribution in [0.2, 0.25) is 0 Å². The Labute approximate surface area is 116 Å². The Morgan fingerprint density at radius 1 is 0.611 bits per heavy atom. The molecule has 0 bridgehead atoms. The van der Waals surface area contributed by atoms with Crippen LogP contribution in [0.5, 0.6) is 0 Å². The number of hydrogen-bond acceptors (Lipinski definition) is 0. The zero-order valence-electron chi connectivity index (χ0n) is 13.8. The second-order valence-electron chi connectivity index (χ2n) is 8.47. The monoisotopic (exact) mass is 272 g/mol. The molecule has 0 aromatic rings. The van der Waals surface area contributed by atoms with Crippen LogP contribution in [-0.4, -0.2) is 30.8 Å². The number of hydrogen-bond donors (Lipinski definition) is 0. The molecule has 1 fully saturated rings. The molecule has 110 valence electrons. The minimum atomic E-state index is -1.41. The zero-order valence-corrected chi connectivity index (χ0v) is 14.7. The van der Waals surface area contributed by atoms with E-state index in [9.17, 15) is 0 Å². The molecule has 0 aliphatic carbocycles. The molecule has 0 spiro atoms. The van der Waals surface area contributed by atoms with E-state index in [4.69, 9.17) is 0 Å². The molecular formula is C17H37P. The van der Waals surface area contributed by atoms with E-state index in [2.05, 4.69) is 41.5 Å². The van der Waals surface area contributed by atoms with Crippen molar-refractivity contribution in [2.24, 2.45) is 17.8 Å². The Balaban J connectivity index is 3.05. The summed E-state index contributed by atoms with van der Waals surface area (Å²) in [5, 5.41) is 0. The molecule has 0 unspecified atom stereocenters. The molecule has 0 atom stereocenters. The van der Waals surface area contributed by atoms with Gasteiger partial charge in [-0.25, -0.2) is 0 Å². The van der Waals surface area contributed by atoms with Crippen LogP contribution in [0.4, 0.5) is 0 Å². The van der Waals surface area contributed by atoms with Gasteiger partial charge in [0.15, 0.2) is 0 Å². The van der Waals surface area contributed by atoms with Gasteiger partial charge in [-0.3, -0.25) is 0 Å². The van der Waals surface area contributed by atoms with Gasteiger partial charge in [-0.05, 0) is 0 Å². The Kier molecular flexibility index (Phi) is 5.73. The van der Waals surface area contributed by atoms with Gasteiger partial charge in [0.2, 0.25) is 0 Å². The van der Waals surface area contributed by atoms with Crippen LogP contribution in [0.15, 0.2) is 0 Å². The van der Waals surface area contributed by atoms with Gasteiger partial charge in [0.05, 0.1) is 0 Å². The maximum absolute atomic E-state index is 2.46. The molecule has 0 aromatic heterocycles. The van der Waals surface area contributed by atoms with Gasteiger partial charge < -0.3 is 0 Å². The van der Waals surface area contributed by atoms with Crippen molar-refractivity contribution in [3.8, 4) is 0 Å². The third-order valence-corrected chi connectivity index (χ3v) is 13.2. The van der Waals surface area contributed by atoms with Crippen LogP contribution in [0, 0.1) is 17.8 Å². The molecule has 0 amide bonds. The third kappa shape index (κ3) is 4.22. The molecule has 1 saturated heterocycles. The fourth-order valence-electron chi connectivity index (χ4n) is 5.28. The fourth-order valence-corrected chi connectivity index (χ4v) is 15.5. The van der Waals surface area contributed by atoms with Crippen molar-refractivity contribution in [1.29, 1.82) is 0 Å². The molecule has 0 radical (unpaired) electrons. The van der Waals surface area contributed by atoms with Gasteiger partial charge in [0, 0.05) is 0 Å². The Morgan fingerprint density at radius 2 is 0.944 bits per heavy atom. The Bertz CT molecular complexity index is 213. The average molecular weight is 272 g/mol. The summed E-state index contributed by atoms with van der Waals surface area (Å²) in [7, 11) is 0. The predicted octanol–water partition coefficient (Wildman–Crippen LogP) is 5.69. The topological polar surface area (TPSA) is 0 Å². The molecule has 1 aliphatic heterocycles. The summed E-state index contributed by atoms with van der Waals surface area (Å²) in [6.07, 6.45) is 12.6. The van der Waals surface area contributed by atoms with Gasteiger partial charge in [0.25, 0.3) is 0 Å². The number of rotatable bonds is 6. The summed E-state index contributed by atoms with van der Waals surface area (Å²) in [5.41, 5.74) is 0. The zero-order chi connectivity index (χ0) is 13.8. The fraction of sp³-hybridized carbons (Fsp3) is 1.00. The SMILES string of the molecule is CC(C)CP1(CC(C)C)(CC(C)C)CCCCC1. The first-order chi connectivity index (χ1) is 8.27. The molecule has 1 heterocycles. The Hall–Kier alpha value is 0.430. The standard InChI is InChI=1S/C17H37P/c1-15(2)12-18(13-16(3)4,14-17(5)6)10-8-7-9-11-18/h15-17H,7-14H2,1-6H3. The van der Waals surface area contributed by atoms with Gasteiger partial charge in [-0.15, -0.1) is 0 Å². The minimum absolute atomic E-state index is 0.901. The molecule has 0 saturated carbocycles. The van der Waals surface area contributed by atoms with Gasteiger partial charge >= 0.3 is 116 Å². The quantitative estimate of drug-likeness (QED) is 0.545. The van der Waals surface area contributed by atoms with E-state index in [0.29, 0.717) is 0 Å². The summed E-state index contributed by atoms with van der Waals surface area (Å²) >= 11 is 0. The summed E-state index contributed by atoms with van der Waals surface area (Å²) in [4.78, 5) is 0. The van der Waals surface area contributed by atoms with E-state index in [1.54, 1.807) is 30.8 Å². The van der Waals surface area contributed by atoms with Gasteiger partial charge in [-0.2, -0.15) is 0 Å². The van der Waals surface area contributed by atoms with Crippen LogP contribution in [-0.2, 0) is 0 Å². The van der Waals surface area contributed by atoms with Crippen LogP contribution in [0.3, 0.4) is 0 Å². The third-order valence-electron chi connectivity index (χ3n) is 4.73. The second-order valence-corrected chi connectivity index (χ2v) is 14.9. The molecular weight excluding hydrogens is 235 g/mol. The molecule has 1 rings (SSSR count). The van der Waals surface area contributed by atoms with Crippen molar-refractivity contribution in [3.63, 3.8) is 0 Å². The van der Waals surface area contributed by atoms with Gasteiger partial charge in [0.1, 0.15) is 0 Å². The van der Waals surface area contributed by atoms with E-state index in [1.165, 1.54) is 19.3 Å². The second kappa shape index (κ2) is 6.25. The summed E-state index contributed by atoms with van der Waals surface area (Å²) in [6, 6.07) is 0. The van der Waals surface area contributed by atoms with E-state index in [-0.39, 0.29) is 0 Å². The van der Waals surface area contributed by atoms with E-state index < -0.39 is 6.60 Å². The first-order valence-electron chi connectivity index (χ1n) is 8.27. The van der Waals surface area contributed by atoms with Crippen LogP contribution in [0.25, 0.3) is 0 Å². The van der Waals surface area contributed by atoms with Crippen LogP contribution < -0.4 is 0 Å². The molecule has 18 heavy (non-hydrogen) atoms. The summed E-state index contributed by atoms with van der Waals surface area (Å²) in [6.45, 7) is 13.4. The normalized spacial score (nSPS) is 25.3. The molecule has 1 aliphatic rings. The van der Waals surface area contributed by atoms with Crippen LogP contribution in [0.1, 0.15) is 60.8 Å². The molecule has 0 aromatic carbocycles. The summed E-state index contributed by atoms with van der Waals surface area (Å²) < 4.78 is 0. The van der Waals surface area contributed by atoms with E-state index in [1.807, 2.05) is 0 Å². The van der Waals surface area contributed by atoms with Crippen molar-refractivity contribution in [3.05, 3.63) is 0 Å². The first kappa shape index (κ1) is 16.5.